The molecule has 0 heterocycles. The Labute approximate surface area is 107 Å². The number of hydrogen-bond donors (Lipinski definition) is 1. The smallest absolute Gasteiger partial charge is 0.182 e. The summed E-state index contributed by atoms with van der Waals surface area (Å²) in [6.07, 6.45) is 0. The van der Waals surface area contributed by atoms with Crippen LogP contribution in [0, 0.1) is 0 Å². The topological polar surface area (TPSA) is 17.1 Å². The van der Waals surface area contributed by atoms with Crippen LogP contribution in [0.3, 0.4) is 0 Å². The zero-order valence-electron chi connectivity index (χ0n) is 9.63. The van der Waals surface area contributed by atoms with Gasteiger partial charge in [-0.05, 0) is 12.5 Å². The molecule has 86 valence electrons. The first-order valence-electron chi connectivity index (χ1n) is 5.50. The lowest BCUT2D eigenvalue weighted by atomic mass is 9.91. The summed E-state index contributed by atoms with van der Waals surface area (Å²) in [4.78, 5) is 12.4. The molecule has 0 spiro atoms. The van der Waals surface area contributed by atoms with Gasteiger partial charge in [-0.15, -0.1) is 0 Å². The van der Waals surface area contributed by atoms with Gasteiger partial charge in [0.25, 0.3) is 0 Å². The molecule has 0 aromatic heterocycles. The highest BCUT2D eigenvalue weighted by atomic mass is 32.1. The van der Waals surface area contributed by atoms with E-state index in [2.05, 4.69) is 12.6 Å². The predicted octanol–water partition coefficient (Wildman–Crippen LogP) is 3.71. The van der Waals surface area contributed by atoms with Crippen LogP contribution in [0.4, 0.5) is 0 Å². The van der Waals surface area contributed by atoms with Crippen LogP contribution in [-0.2, 0) is 4.75 Å². The molecule has 0 amide bonds. The molecule has 1 nitrogen and oxygen atoms in total. The summed E-state index contributed by atoms with van der Waals surface area (Å²) >= 11 is 4.53. The molecule has 0 saturated carbocycles. The van der Waals surface area contributed by atoms with Crippen molar-refractivity contribution in [2.45, 2.75) is 11.7 Å². The maximum Gasteiger partial charge on any atom is 0.182 e. The predicted molar refractivity (Wildman–Crippen MR) is 73.6 cm³/mol. The molecule has 0 bridgehead atoms. The molecule has 1 atom stereocenters. The van der Waals surface area contributed by atoms with Gasteiger partial charge in [0.15, 0.2) is 5.78 Å². The second kappa shape index (κ2) is 4.76. The summed E-state index contributed by atoms with van der Waals surface area (Å²) in [6, 6.07) is 18.9. The quantitative estimate of drug-likeness (QED) is 0.641. The van der Waals surface area contributed by atoms with Crippen molar-refractivity contribution in [1.29, 1.82) is 0 Å². The number of rotatable bonds is 3. The van der Waals surface area contributed by atoms with Gasteiger partial charge in [-0.2, -0.15) is 12.6 Å². The Balaban J connectivity index is 2.37. The Morgan fingerprint density at radius 3 is 1.94 bits per heavy atom. The van der Waals surface area contributed by atoms with E-state index in [4.69, 9.17) is 0 Å². The molecule has 0 aliphatic rings. The molecule has 1 unspecified atom stereocenters. The molecule has 2 aromatic rings. The van der Waals surface area contributed by atoms with Gasteiger partial charge in [0, 0.05) is 5.56 Å². The van der Waals surface area contributed by atoms with Gasteiger partial charge < -0.3 is 0 Å². The van der Waals surface area contributed by atoms with Gasteiger partial charge in [-0.25, -0.2) is 0 Å². The van der Waals surface area contributed by atoms with Crippen LogP contribution in [0.25, 0.3) is 0 Å². The molecule has 0 saturated heterocycles. The molecule has 2 rings (SSSR count). The van der Waals surface area contributed by atoms with Gasteiger partial charge in [-0.3, -0.25) is 4.79 Å². The van der Waals surface area contributed by atoms with Crippen LogP contribution < -0.4 is 0 Å². The fraction of sp³-hybridized carbons (Fsp3) is 0.133. The van der Waals surface area contributed by atoms with Gasteiger partial charge in [0.1, 0.15) is 0 Å². The first-order valence-corrected chi connectivity index (χ1v) is 5.95. The van der Waals surface area contributed by atoms with E-state index in [0.29, 0.717) is 5.56 Å². The minimum absolute atomic E-state index is 0.0210. The van der Waals surface area contributed by atoms with Crippen molar-refractivity contribution in [2.24, 2.45) is 0 Å². The van der Waals surface area contributed by atoms with E-state index in [-0.39, 0.29) is 5.78 Å². The lowest BCUT2D eigenvalue weighted by molar-refractivity contribution is 0.0951. The van der Waals surface area contributed by atoms with E-state index in [9.17, 15) is 4.79 Å². The average molecular weight is 242 g/mol. The highest BCUT2D eigenvalue weighted by molar-refractivity contribution is 7.82. The fourth-order valence-corrected chi connectivity index (χ4v) is 2.04. The number of Topliss-reactive ketones (excluding diaryl/α,β-unsaturated/α-hetero) is 1. The number of hydrogen-bond acceptors (Lipinski definition) is 2. The van der Waals surface area contributed by atoms with Crippen LogP contribution >= 0.6 is 12.6 Å². The third-order valence-corrected chi connectivity index (χ3v) is 3.28. The molecular weight excluding hydrogens is 228 g/mol. The van der Waals surface area contributed by atoms with E-state index in [0.717, 1.165) is 5.56 Å². The summed E-state index contributed by atoms with van der Waals surface area (Å²) in [5.41, 5.74) is 1.60. The largest absolute Gasteiger partial charge is 0.292 e. The highest BCUT2D eigenvalue weighted by Crippen LogP contribution is 2.31. The molecule has 0 aliphatic heterocycles. The first kappa shape index (κ1) is 11.9. The number of benzene rings is 2. The van der Waals surface area contributed by atoms with Crippen LogP contribution in [0.5, 0.6) is 0 Å². The lowest BCUT2D eigenvalue weighted by Crippen LogP contribution is -2.26. The molecule has 0 radical (unpaired) electrons. The summed E-state index contributed by atoms with van der Waals surface area (Å²) in [5, 5.41) is 0. The number of ketones is 1. The maximum absolute atomic E-state index is 12.4. The molecule has 0 fully saturated rings. The second-order valence-corrected chi connectivity index (χ2v) is 5.03. The van der Waals surface area contributed by atoms with E-state index < -0.39 is 4.75 Å². The minimum atomic E-state index is -0.789. The van der Waals surface area contributed by atoms with Crippen molar-refractivity contribution >= 4 is 18.4 Å². The van der Waals surface area contributed by atoms with Gasteiger partial charge >= 0.3 is 0 Å². The third-order valence-electron chi connectivity index (χ3n) is 2.81. The fourth-order valence-electron chi connectivity index (χ4n) is 1.76. The van der Waals surface area contributed by atoms with Crippen molar-refractivity contribution in [3.63, 3.8) is 0 Å². The summed E-state index contributed by atoms with van der Waals surface area (Å²) < 4.78 is -0.789. The van der Waals surface area contributed by atoms with E-state index in [1.807, 2.05) is 67.6 Å². The zero-order valence-corrected chi connectivity index (χ0v) is 10.5. The normalized spacial score (nSPS) is 14.0. The summed E-state index contributed by atoms with van der Waals surface area (Å²) in [5.74, 6) is 0.0210. The first-order chi connectivity index (χ1) is 8.12. The van der Waals surface area contributed by atoms with Gasteiger partial charge in [0.05, 0.1) is 4.75 Å². The Bertz CT molecular complexity index is 503. The van der Waals surface area contributed by atoms with Gasteiger partial charge in [0.2, 0.25) is 0 Å². The molecule has 0 aliphatic carbocycles. The van der Waals surface area contributed by atoms with Crippen molar-refractivity contribution in [3.8, 4) is 0 Å². The van der Waals surface area contributed by atoms with Crippen molar-refractivity contribution < 1.29 is 4.79 Å². The monoisotopic (exact) mass is 242 g/mol. The Morgan fingerprint density at radius 1 is 0.941 bits per heavy atom. The number of thiol groups is 1. The molecule has 0 N–H and O–H groups in total. The summed E-state index contributed by atoms with van der Waals surface area (Å²) in [7, 11) is 0. The average Bonchev–Trinajstić information content (AvgIpc) is 2.40. The molecule has 2 aromatic carbocycles. The van der Waals surface area contributed by atoms with E-state index in [1.165, 1.54) is 0 Å². The third kappa shape index (κ3) is 2.42. The Hall–Kier alpha value is -1.54. The summed E-state index contributed by atoms with van der Waals surface area (Å²) in [6.45, 7) is 1.83. The van der Waals surface area contributed by atoms with Crippen molar-refractivity contribution in [1.82, 2.24) is 0 Å². The van der Waals surface area contributed by atoms with E-state index in [1.54, 1.807) is 0 Å². The number of carbonyl (C=O) groups is 1. The standard InChI is InChI=1S/C15H14OS/c1-15(17,13-10-6-3-7-11-13)14(16)12-8-4-2-5-9-12/h2-11,17H,1H3. The van der Waals surface area contributed by atoms with Crippen LogP contribution in [-0.4, -0.2) is 5.78 Å². The van der Waals surface area contributed by atoms with Crippen LogP contribution in [0.2, 0.25) is 0 Å². The maximum atomic E-state index is 12.4. The Morgan fingerprint density at radius 2 is 1.41 bits per heavy atom. The van der Waals surface area contributed by atoms with Crippen molar-refractivity contribution in [3.05, 3.63) is 71.8 Å². The minimum Gasteiger partial charge on any atom is -0.292 e. The molecular formula is C15H14OS. The van der Waals surface area contributed by atoms with Crippen LogP contribution in [0.1, 0.15) is 22.8 Å². The van der Waals surface area contributed by atoms with Crippen LogP contribution in [0.15, 0.2) is 60.7 Å². The molecule has 2 heteroatoms. The van der Waals surface area contributed by atoms with Crippen molar-refractivity contribution in [2.75, 3.05) is 0 Å². The zero-order chi connectivity index (χ0) is 12.3. The Kier molecular flexibility index (Phi) is 3.34. The SMILES string of the molecule is CC(S)(C(=O)c1ccccc1)c1ccccc1. The number of carbonyl (C=O) groups excluding carboxylic acids is 1. The van der Waals surface area contributed by atoms with E-state index >= 15 is 0 Å². The molecule has 17 heavy (non-hydrogen) atoms. The van der Waals surface area contributed by atoms with Gasteiger partial charge in [-0.1, -0.05) is 60.7 Å². The second-order valence-electron chi connectivity index (χ2n) is 4.13. The lowest BCUT2D eigenvalue weighted by Gasteiger charge is -2.22. The highest BCUT2D eigenvalue weighted by Gasteiger charge is 2.31.